The van der Waals surface area contributed by atoms with E-state index >= 15 is 0 Å². The van der Waals surface area contributed by atoms with Crippen LogP contribution in [0.25, 0.3) is 0 Å². The van der Waals surface area contributed by atoms with Crippen LogP contribution in [0.5, 0.6) is 0 Å². The number of hydrogen-bond acceptors (Lipinski definition) is 3. The van der Waals surface area contributed by atoms with Crippen LogP contribution in [0.2, 0.25) is 0 Å². The zero-order valence-electron chi connectivity index (χ0n) is 25.2. The summed E-state index contributed by atoms with van der Waals surface area (Å²) in [5, 5.41) is 12.2. The highest BCUT2D eigenvalue weighted by Crippen LogP contribution is 2.45. The van der Waals surface area contributed by atoms with E-state index in [4.69, 9.17) is 4.84 Å². The van der Waals surface area contributed by atoms with E-state index in [1.54, 1.807) is 0 Å². The van der Waals surface area contributed by atoms with Gasteiger partial charge in [-0.25, -0.2) is 0 Å². The molecule has 0 aromatic heterocycles. The fourth-order valence-corrected chi connectivity index (χ4v) is 6.63. The highest BCUT2D eigenvalue weighted by molar-refractivity contribution is 5.70. The molecule has 0 spiro atoms. The van der Waals surface area contributed by atoms with Crippen molar-refractivity contribution >= 4 is 5.97 Å². The van der Waals surface area contributed by atoms with Crippen molar-refractivity contribution in [1.82, 2.24) is 5.06 Å². The molecular weight excluding hydrogens is 446 g/mol. The minimum absolute atomic E-state index is 0.149. The smallest absolute Gasteiger partial charge is 0.306 e. The Balaban J connectivity index is 2.19. The maximum atomic E-state index is 12.2. The highest BCUT2D eigenvalue weighted by Gasteiger charge is 2.49. The molecule has 1 fully saturated rings. The van der Waals surface area contributed by atoms with Crippen LogP contribution in [-0.4, -0.2) is 33.8 Å². The van der Waals surface area contributed by atoms with Crippen LogP contribution in [0.3, 0.4) is 0 Å². The zero-order chi connectivity index (χ0) is 26.9. The van der Waals surface area contributed by atoms with Crippen LogP contribution in [-0.2, 0) is 9.63 Å². The number of unbranched alkanes of at least 4 members (excludes halogenated alkanes) is 15. The van der Waals surface area contributed by atoms with Gasteiger partial charge in [-0.15, -0.1) is 0 Å². The van der Waals surface area contributed by atoms with Gasteiger partial charge in [-0.2, -0.15) is 5.06 Å². The quantitative estimate of drug-likeness (QED) is 0.147. The van der Waals surface area contributed by atoms with E-state index in [1.807, 2.05) is 0 Å². The van der Waals surface area contributed by atoms with Gasteiger partial charge in [0.15, 0.2) is 0 Å². The fourth-order valence-electron chi connectivity index (χ4n) is 6.63. The molecule has 0 saturated carbocycles. The Kier molecular flexibility index (Phi) is 17.3. The first-order valence-corrected chi connectivity index (χ1v) is 15.8. The van der Waals surface area contributed by atoms with Crippen molar-refractivity contribution < 1.29 is 14.7 Å². The minimum atomic E-state index is -0.601. The Bertz CT molecular complexity index is 542. The molecule has 214 valence electrons. The molecule has 1 heterocycles. The predicted molar refractivity (Wildman–Crippen MR) is 154 cm³/mol. The van der Waals surface area contributed by atoms with Crippen molar-refractivity contribution in [1.29, 1.82) is 0 Å². The monoisotopic (exact) mass is 509 g/mol. The number of hydroxylamine groups is 2. The van der Waals surface area contributed by atoms with Crippen molar-refractivity contribution in [2.45, 2.75) is 181 Å². The van der Waals surface area contributed by atoms with Gasteiger partial charge in [-0.1, -0.05) is 117 Å². The molecule has 0 bridgehead atoms. The van der Waals surface area contributed by atoms with E-state index in [1.165, 1.54) is 96.3 Å². The number of hydrogen-bond donors (Lipinski definition) is 1. The Morgan fingerprint density at radius 2 is 1.11 bits per heavy atom. The average molecular weight is 510 g/mol. The number of rotatable bonds is 22. The summed E-state index contributed by atoms with van der Waals surface area (Å²) in [6.45, 7) is 14.0. The summed E-state index contributed by atoms with van der Waals surface area (Å²) in [6, 6.07) is 0. The largest absolute Gasteiger partial charge is 0.481 e. The Labute approximate surface area is 225 Å². The van der Waals surface area contributed by atoms with Crippen LogP contribution in [0, 0.1) is 11.8 Å². The Morgan fingerprint density at radius 3 is 1.47 bits per heavy atom. The maximum Gasteiger partial charge on any atom is 0.306 e. The van der Waals surface area contributed by atoms with Gasteiger partial charge in [0, 0.05) is 11.1 Å². The van der Waals surface area contributed by atoms with Crippen LogP contribution in [0.15, 0.2) is 0 Å². The lowest BCUT2D eigenvalue weighted by Gasteiger charge is -2.54. The third kappa shape index (κ3) is 13.3. The summed E-state index contributed by atoms with van der Waals surface area (Å²) in [6.07, 6.45) is 25.2. The standard InChI is InChI=1S/C32H63NO3/c1-7-9-10-11-12-13-14-15-16-17-18-19-20-21-22-23-24-29(30(34)35)28-26-31(3,4)33(36-25-8-2)32(5,6)27-28/h28-29H,7-27H2,1-6H3,(H,34,35). The number of piperidine rings is 1. The lowest BCUT2D eigenvalue weighted by Crippen LogP contribution is -2.61. The third-order valence-corrected chi connectivity index (χ3v) is 8.30. The predicted octanol–water partition coefficient (Wildman–Crippen LogP) is 9.95. The van der Waals surface area contributed by atoms with Crippen molar-refractivity contribution in [2.75, 3.05) is 6.61 Å². The van der Waals surface area contributed by atoms with Crippen LogP contribution in [0.4, 0.5) is 0 Å². The van der Waals surface area contributed by atoms with Gasteiger partial charge in [0.1, 0.15) is 0 Å². The molecule has 4 heteroatoms. The average Bonchev–Trinajstić information content (AvgIpc) is 2.79. The third-order valence-electron chi connectivity index (χ3n) is 8.30. The van der Waals surface area contributed by atoms with Gasteiger partial charge in [0.05, 0.1) is 12.5 Å². The molecule has 1 saturated heterocycles. The second-order valence-electron chi connectivity index (χ2n) is 13.0. The fraction of sp³-hybridized carbons (Fsp3) is 0.969. The van der Waals surface area contributed by atoms with Crippen molar-refractivity contribution in [2.24, 2.45) is 11.8 Å². The minimum Gasteiger partial charge on any atom is -0.481 e. The normalized spacial score (nSPS) is 18.9. The van der Waals surface area contributed by atoms with E-state index in [2.05, 4.69) is 46.6 Å². The van der Waals surface area contributed by atoms with Gasteiger partial charge in [-0.05, 0) is 59.3 Å². The Morgan fingerprint density at radius 1 is 0.722 bits per heavy atom. The van der Waals surface area contributed by atoms with Gasteiger partial charge >= 0.3 is 5.97 Å². The van der Waals surface area contributed by atoms with E-state index in [-0.39, 0.29) is 22.9 Å². The molecule has 1 aliphatic rings. The van der Waals surface area contributed by atoms with E-state index in [0.29, 0.717) is 0 Å². The molecule has 1 N–H and O–H groups in total. The second kappa shape index (κ2) is 18.6. The zero-order valence-corrected chi connectivity index (χ0v) is 25.2. The van der Waals surface area contributed by atoms with E-state index in [0.717, 1.165) is 38.7 Å². The first-order valence-electron chi connectivity index (χ1n) is 15.8. The molecule has 0 aliphatic carbocycles. The summed E-state index contributed by atoms with van der Waals surface area (Å²) in [5.41, 5.74) is -0.298. The number of nitrogens with zero attached hydrogens (tertiary/aromatic N) is 1. The van der Waals surface area contributed by atoms with Crippen molar-refractivity contribution in [3.05, 3.63) is 0 Å². The van der Waals surface area contributed by atoms with Crippen molar-refractivity contribution in [3.8, 4) is 0 Å². The highest BCUT2D eigenvalue weighted by atomic mass is 16.7. The van der Waals surface area contributed by atoms with Crippen molar-refractivity contribution in [3.63, 3.8) is 0 Å². The van der Waals surface area contributed by atoms with Gasteiger partial charge < -0.3 is 5.11 Å². The molecule has 1 atom stereocenters. The van der Waals surface area contributed by atoms with Crippen LogP contribution in [0.1, 0.15) is 170 Å². The summed E-state index contributed by atoms with van der Waals surface area (Å²) < 4.78 is 0. The molecule has 36 heavy (non-hydrogen) atoms. The molecule has 1 rings (SSSR count). The Hall–Kier alpha value is -0.610. The molecule has 4 nitrogen and oxygen atoms in total. The number of carboxylic acids is 1. The molecule has 0 aromatic rings. The molecule has 0 amide bonds. The molecule has 0 aromatic carbocycles. The second-order valence-corrected chi connectivity index (χ2v) is 13.0. The molecule has 1 unspecified atom stereocenters. The first-order chi connectivity index (χ1) is 17.2. The topological polar surface area (TPSA) is 49.8 Å². The lowest BCUT2D eigenvalue weighted by molar-refractivity contribution is -0.290. The summed E-state index contributed by atoms with van der Waals surface area (Å²) >= 11 is 0. The summed E-state index contributed by atoms with van der Waals surface area (Å²) in [4.78, 5) is 18.4. The molecule has 1 aliphatic heterocycles. The molecule has 0 radical (unpaired) electrons. The first kappa shape index (κ1) is 33.4. The number of aliphatic carboxylic acids is 1. The van der Waals surface area contributed by atoms with Crippen LogP contribution < -0.4 is 0 Å². The van der Waals surface area contributed by atoms with E-state index in [9.17, 15) is 9.90 Å². The van der Waals surface area contributed by atoms with Gasteiger partial charge in [0.2, 0.25) is 0 Å². The lowest BCUT2D eigenvalue weighted by atomic mass is 9.69. The summed E-state index contributed by atoms with van der Waals surface area (Å²) in [7, 11) is 0. The van der Waals surface area contributed by atoms with Gasteiger partial charge in [-0.3, -0.25) is 9.63 Å². The number of carbonyl (C=O) groups is 1. The van der Waals surface area contributed by atoms with Gasteiger partial charge in [0.25, 0.3) is 0 Å². The van der Waals surface area contributed by atoms with Crippen LogP contribution >= 0.6 is 0 Å². The van der Waals surface area contributed by atoms with E-state index < -0.39 is 5.97 Å². The SMILES string of the molecule is CCCCCCCCCCCCCCCCCCC(C(=O)O)C1CC(C)(C)N(OCCC)C(C)(C)C1. The summed E-state index contributed by atoms with van der Waals surface area (Å²) in [5.74, 6) is -0.621. The molecular formula is C32H63NO3. The number of carboxylic acid groups (broad SMARTS) is 1. The maximum absolute atomic E-state index is 12.2.